The second kappa shape index (κ2) is 5.59. The highest BCUT2D eigenvalue weighted by molar-refractivity contribution is 5.83. The maximum atomic E-state index is 4.88. The van der Waals surface area contributed by atoms with Crippen LogP contribution in [0.25, 0.3) is 22.2 Å². The van der Waals surface area contributed by atoms with E-state index < -0.39 is 0 Å². The van der Waals surface area contributed by atoms with Crippen LogP contribution >= 0.6 is 0 Å². The van der Waals surface area contributed by atoms with Gasteiger partial charge in [-0.2, -0.15) is 0 Å². The third-order valence-corrected chi connectivity index (χ3v) is 5.28. The molecule has 2 heteroatoms. The lowest BCUT2D eigenvalue weighted by molar-refractivity contribution is 0.637. The van der Waals surface area contributed by atoms with Gasteiger partial charge in [-0.15, -0.1) is 0 Å². The third kappa shape index (κ3) is 2.37. The third-order valence-electron chi connectivity index (χ3n) is 5.28. The lowest BCUT2D eigenvalue weighted by Crippen LogP contribution is -2.05. The van der Waals surface area contributed by atoms with Gasteiger partial charge in [0.1, 0.15) is 5.82 Å². The lowest BCUT2D eigenvalue weighted by Gasteiger charge is -2.15. The van der Waals surface area contributed by atoms with E-state index in [1.54, 1.807) is 0 Å². The SMILES string of the molecule is Cc1ccc(-c2ccc3nc4n(c3c2)C(c2ccccc2)CC4)cc1. The standard InChI is InChI=1S/C23H20N2/c1-16-7-9-17(10-8-16)19-11-12-20-22(15-19)25-21(13-14-23(25)24-20)18-5-3-2-4-6-18/h2-12,15,21H,13-14H2,1H3. The minimum atomic E-state index is 0.398. The number of aryl methyl sites for hydroxylation is 2. The fourth-order valence-electron chi connectivity index (χ4n) is 3.98. The Hall–Kier alpha value is -2.87. The van der Waals surface area contributed by atoms with Gasteiger partial charge >= 0.3 is 0 Å². The zero-order chi connectivity index (χ0) is 16.8. The molecule has 1 aromatic heterocycles. The minimum Gasteiger partial charge on any atom is -0.320 e. The number of aromatic nitrogens is 2. The van der Waals surface area contributed by atoms with Crippen LogP contribution in [0, 0.1) is 6.92 Å². The molecule has 0 N–H and O–H groups in total. The molecule has 0 fully saturated rings. The van der Waals surface area contributed by atoms with Crippen molar-refractivity contribution < 1.29 is 0 Å². The second-order valence-corrected chi connectivity index (χ2v) is 6.93. The van der Waals surface area contributed by atoms with E-state index in [-0.39, 0.29) is 0 Å². The Bertz CT molecular complexity index is 1040. The van der Waals surface area contributed by atoms with Crippen LogP contribution in [-0.2, 0) is 6.42 Å². The summed E-state index contributed by atoms with van der Waals surface area (Å²) in [6.07, 6.45) is 2.19. The highest BCUT2D eigenvalue weighted by atomic mass is 15.1. The molecule has 0 radical (unpaired) electrons. The van der Waals surface area contributed by atoms with Crippen molar-refractivity contribution in [3.05, 3.63) is 89.7 Å². The molecule has 0 bridgehead atoms. The van der Waals surface area contributed by atoms with Gasteiger partial charge in [-0.05, 0) is 42.2 Å². The first kappa shape index (κ1) is 14.5. The largest absolute Gasteiger partial charge is 0.320 e. The number of hydrogen-bond donors (Lipinski definition) is 0. The van der Waals surface area contributed by atoms with E-state index in [1.807, 2.05) is 0 Å². The molecule has 0 saturated heterocycles. The Balaban J connectivity index is 1.66. The Morgan fingerprint density at radius 3 is 2.44 bits per heavy atom. The first-order valence-corrected chi connectivity index (χ1v) is 8.92. The number of benzene rings is 3. The van der Waals surface area contributed by atoms with Crippen molar-refractivity contribution >= 4 is 11.0 Å². The van der Waals surface area contributed by atoms with Crippen LogP contribution in [0.1, 0.15) is 29.4 Å². The quantitative estimate of drug-likeness (QED) is 0.473. The van der Waals surface area contributed by atoms with Gasteiger partial charge in [-0.1, -0.05) is 66.2 Å². The molecule has 0 spiro atoms. The molecule has 1 aliphatic heterocycles. The smallest absolute Gasteiger partial charge is 0.110 e. The Morgan fingerprint density at radius 1 is 0.880 bits per heavy atom. The van der Waals surface area contributed by atoms with Gasteiger partial charge in [-0.3, -0.25) is 0 Å². The van der Waals surface area contributed by atoms with Crippen LogP contribution < -0.4 is 0 Å². The summed E-state index contributed by atoms with van der Waals surface area (Å²) >= 11 is 0. The van der Waals surface area contributed by atoms with Crippen molar-refractivity contribution in [2.75, 3.05) is 0 Å². The van der Waals surface area contributed by atoms with Crippen molar-refractivity contribution in [3.8, 4) is 11.1 Å². The van der Waals surface area contributed by atoms with E-state index in [0.717, 1.165) is 18.4 Å². The molecule has 1 aliphatic rings. The highest BCUT2D eigenvalue weighted by Gasteiger charge is 2.26. The average molecular weight is 324 g/mol. The van der Waals surface area contributed by atoms with Gasteiger partial charge in [0, 0.05) is 6.42 Å². The molecule has 1 atom stereocenters. The van der Waals surface area contributed by atoms with Crippen LogP contribution in [0.5, 0.6) is 0 Å². The van der Waals surface area contributed by atoms with Crippen molar-refractivity contribution in [2.24, 2.45) is 0 Å². The molecule has 1 unspecified atom stereocenters. The van der Waals surface area contributed by atoms with Crippen molar-refractivity contribution in [1.82, 2.24) is 9.55 Å². The lowest BCUT2D eigenvalue weighted by atomic mass is 10.0. The fourth-order valence-corrected chi connectivity index (χ4v) is 3.98. The highest BCUT2D eigenvalue weighted by Crippen LogP contribution is 2.36. The maximum absolute atomic E-state index is 4.88. The summed E-state index contributed by atoms with van der Waals surface area (Å²) < 4.78 is 2.45. The summed E-state index contributed by atoms with van der Waals surface area (Å²) in [5.41, 5.74) is 7.54. The van der Waals surface area contributed by atoms with Gasteiger partial charge in [0.05, 0.1) is 17.1 Å². The number of imidazole rings is 1. The molecular weight excluding hydrogens is 304 g/mol. The molecule has 0 amide bonds. The molecule has 25 heavy (non-hydrogen) atoms. The van der Waals surface area contributed by atoms with Crippen LogP contribution in [0.2, 0.25) is 0 Å². The van der Waals surface area contributed by atoms with Gasteiger partial charge < -0.3 is 4.57 Å². The second-order valence-electron chi connectivity index (χ2n) is 6.93. The van der Waals surface area contributed by atoms with Gasteiger partial charge in [0.15, 0.2) is 0 Å². The Labute approximate surface area is 147 Å². The molecule has 122 valence electrons. The van der Waals surface area contributed by atoms with Crippen LogP contribution in [0.15, 0.2) is 72.8 Å². The summed E-state index contributed by atoms with van der Waals surface area (Å²) in [4.78, 5) is 4.88. The van der Waals surface area contributed by atoms with Gasteiger partial charge in [0.2, 0.25) is 0 Å². The van der Waals surface area contributed by atoms with E-state index in [9.17, 15) is 0 Å². The minimum absolute atomic E-state index is 0.398. The maximum Gasteiger partial charge on any atom is 0.110 e. The van der Waals surface area contributed by atoms with E-state index in [4.69, 9.17) is 4.98 Å². The zero-order valence-corrected chi connectivity index (χ0v) is 14.3. The van der Waals surface area contributed by atoms with Gasteiger partial charge in [0.25, 0.3) is 0 Å². The van der Waals surface area contributed by atoms with E-state index in [1.165, 1.54) is 33.6 Å². The number of nitrogens with zero attached hydrogens (tertiary/aromatic N) is 2. The normalized spacial score (nSPS) is 16.3. The molecule has 5 rings (SSSR count). The molecule has 2 nitrogen and oxygen atoms in total. The van der Waals surface area contributed by atoms with E-state index in [2.05, 4.69) is 84.3 Å². The molecule has 0 aliphatic carbocycles. The first-order valence-electron chi connectivity index (χ1n) is 8.92. The van der Waals surface area contributed by atoms with Crippen molar-refractivity contribution in [1.29, 1.82) is 0 Å². The molecular formula is C23H20N2. The number of fused-ring (bicyclic) bond motifs is 3. The summed E-state index contributed by atoms with van der Waals surface area (Å²) in [5, 5.41) is 0. The Morgan fingerprint density at radius 2 is 1.64 bits per heavy atom. The monoisotopic (exact) mass is 324 g/mol. The van der Waals surface area contributed by atoms with Gasteiger partial charge in [-0.25, -0.2) is 4.98 Å². The average Bonchev–Trinajstić information content (AvgIpc) is 3.22. The number of hydrogen-bond acceptors (Lipinski definition) is 1. The molecule has 2 heterocycles. The van der Waals surface area contributed by atoms with Crippen LogP contribution in [0.4, 0.5) is 0 Å². The summed E-state index contributed by atoms with van der Waals surface area (Å²) in [5.74, 6) is 1.21. The van der Waals surface area contributed by atoms with Crippen LogP contribution in [0.3, 0.4) is 0 Å². The summed E-state index contributed by atoms with van der Waals surface area (Å²) in [7, 11) is 0. The predicted molar refractivity (Wildman–Crippen MR) is 103 cm³/mol. The fraction of sp³-hybridized carbons (Fsp3) is 0.174. The topological polar surface area (TPSA) is 17.8 Å². The molecule has 4 aromatic rings. The molecule has 0 saturated carbocycles. The van der Waals surface area contributed by atoms with E-state index in [0.29, 0.717) is 6.04 Å². The van der Waals surface area contributed by atoms with Crippen molar-refractivity contribution in [2.45, 2.75) is 25.8 Å². The summed E-state index contributed by atoms with van der Waals surface area (Å²) in [6, 6.07) is 26.6. The predicted octanol–water partition coefficient (Wildman–Crippen LogP) is 5.55. The zero-order valence-electron chi connectivity index (χ0n) is 14.3. The van der Waals surface area contributed by atoms with E-state index >= 15 is 0 Å². The number of rotatable bonds is 2. The Kier molecular flexibility index (Phi) is 3.24. The van der Waals surface area contributed by atoms with Crippen molar-refractivity contribution in [3.63, 3.8) is 0 Å². The van der Waals surface area contributed by atoms with Crippen LogP contribution in [-0.4, -0.2) is 9.55 Å². The first-order chi connectivity index (χ1) is 12.3. The summed E-state index contributed by atoms with van der Waals surface area (Å²) in [6.45, 7) is 2.13. The molecule has 3 aromatic carbocycles.